The normalized spacial score (nSPS) is 27.7. The Hall–Kier alpha value is -0.570. The molecule has 0 radical (unpaired) electrons. The molecule has 0 aliphatic heterocycles. The summed E-state index contributed by atoms with van der Waals surface area (Å²) in [4.78, 5) is 11.4. The Kier molecular flexibility index (Phi) is 4.39. The molecule has 0 unspecified atom stereocenters. The Bertz CT molecular complexity index is 184. The lowest BCUT2D eigenvalue weighted by Gasteiger charge is -2.28. The van der Waals surface area contributed by atoms with Crippen LogP contribution in [-0.2, 0) is 4.79 Å². The Morgan fingerprint density at radius 1 is 1.36 bits per heavy atom. The largest absolute Gasteiger partial charge is 0.353 e. The van der Waals surface area contributed by atoms with Crippen LogP contribution in [0, 0.1) is 11.8 Å². The van der Waals surface area contributed by atoms with Crippen LogP contribution in [-0.4, -0.2) is 18.5 Å². The van der Waals surface area contributed by atoms with Crippen LogP contribution >= 0.6 is 0 Å². The summed E-state index contributed by atoms with van der Waals surface area (Å²) < 4.78 is 0. The van der Waals surface area contributed by atoms with Gasteiger partial charge in [0.25, 0.3) is 0 Å². The molecule has 3 nitrogen and oxygen atoms in total. The fourth-order valence-electron chi connectivity index (χ4n) is 1.91. The van der Waals surface area contributed by atoms with Gasteiger partial charge in [0, 0.05) is 12.0 Å². The first kappa shape index (κ1) is 11.5. The molecular formula is C11H22N2O. The summed E-state index contributed by atoms with van der Waals surface area (Å²) in [6.45, 7) is 4.66. The summed E-state index contributed by atoms with van der Waals surface area (Å²) in [5.74, 6) is 0.964. The molecule has 1 saturated carbocycles. The number of carbonyl (C=O) groups is 1. The lowest BCUT2D eigenvalue weighted by molar-refractivity contribution is -0.125. The first-order valence-corrected chi connectivity index (χ1v) is 5.64. The molecule has 0 aromatic rings. The fourth-order valence-corrected chi connectivity index (χ4v) is 1.91. The highest BCUT2D eigenvalue weighted by Crippen LogP contribution is 2.23. The van der Waals surface area contributed by atoms with Gasteiger partial charge in [0.1, 0.15) is 0 Å². The second kappa shape index (κ2) is 5.35. The van der Waals surface area contributed by atoms with Gasteiger partial charge in [0.05, 0.1) is 0 Å². The van der Waals surface area contributed by atoms with E-state index >= 15 is 0 Å². The van der Waals surface area contributed by atoms with Crippen LogP contribution in [0.15, 0.2) is 0 Å². The van der Waals surface area contributed by atoms with E-state index in [4.69, 9.17) is 5.73 Å². The second-order valence-electron chi connectivity index (χ2n) is 4.62. The predicted octanol–water partition coefficient (Wildman–Crippen LogP) is 1.28. The number of hydrogen-bond donors (Lipinski definition) is 2. The Labute approximate surface area is 86.4 Å². The van der Waals surface area contributed by atoms with E-state index in [1.807, 2.05) is 13.8 Å². The van der Waals surface area contributed by atoms with Crippen molar-refractivity contribution in [3.63, 3.8) is 0 Å². The van der Waals surface area contributed by atoms with Gasteiger partial charge in [-0.3, -0.25) is 4.79 Å². The quantitative estimate of drug-likeness (QED) is 0.717. The third kappa shape index (κ3) is 3.29. The number of carbonyl (C=O) groups excluding carboxylic acids is 1. The molecule has 1 fully saturated rings. The molecule has 0 heterocycles. The van der Waals surface area contributed by atoms with Crippen LogP contribution in [0.5, 0.6) is 0 Å². The molecule has 0 spiro atoms. The lowest BCUT2D eigenvalue weighted by atomic mass is 9.86. The fraction of sp³-hybridized carbons (Fsp3) is 0.909. The summed E-state index contributed by atoms with van der Waals surface area (Å²) in [6.07, 6.45) is 4.53. The molecular weight excluding hydrogens is 176 g/mol. The standard InChI is InChI=1S/C11H22N2O/c1-8(2)11(14)13-10-5-3-9(7-12)4-6-10/h8-10H,3-7,12H2,1-2H3,(H,13,14). The third-order valence-electron chi connectivity index (χ3n) is 3.05. The first-order valence-electron chi connectivity index (χ1n) is 5.64. The van der Waals surface area contributed by atoms with Crippen LogP contribution in [0.4, 0.5) is 0 Å². The van der Waals surface area contributed by atoms with Gasteiger partial charge in [-0.2, -0.15) is 0 Å². The smallest absolute Gasteiger partial charge is 0.222 e. The highest BCUT2D eigenvalue weighted by Gasteiger charge is 2.21. The van der Waals surface area contributed by atoms with Crippen LogP contribution in [0.25, 0.3) is 0 Å². The topological polar surface area (TPSA) is 55.1 Å². The van der Waals surface area contributed by atoms with Gasteiger partial charge in [0.15, 0.2) is 0 Å². The molecule has 3 heteroatoms. The molecule has 14 heavy (non-hydrogen) atoms. The molecule has 82 valence electrons. The number of rotatable bonds is 3. The van der Waals surface area contributed by atoms with Crippen molar-refractivity contribution in [1.82, 2.24) is 5.32 Å². The highest BCUT2D eigenvalue weighted by molar-refractivity contribution is 5.78. The minimum Gasteiger partial charge on any atom is -0.353 e. The van der Waals surface area contributed by atoms with Gasteiger partial charge in [-0.15, -0.1) is 0 Å². The molecule has 1 aliphatic rings. The minimum absolute atomic E-state index is 0.0993. The van der Waals surface area contributed by atoms with E-state index in [1.165, 1.54) is 12.8 Å². The van der Waals surface area contributed by atoms with Crippen molar-refractivity contribution in [2.75, 3.05) is 6.54 Å². The molecule has 0 aromatic carbocycles. The second-order valence-corrected chi connectivity index (χ2v) is 4.62. The third-order valence-corrected chi connectivity index (χ3v) is 3.05. The number of hydrogen-bond acceptors (Lipinski definition) is 2. The predicted molar refractivity (Wildman–Crippen MR) is 57.8 cm³/mol. The van der Waals surface area contributed by atoms with Gasteiger partial charge < -0.3 is 11.1 Å². The van der Waals surface area contributed by atoms with E-state index in [1.54, 1.807) is 0 Å². The molecule has 0 aromatic heterocycles. The van der Waals surface area contributed by atoms with E-state index in [-0.39, 0.29) is 11.8 Å². The van der Waals surface area contributed by atoms with E-state index in [0.29, 0.717) is 12.0 Å². The summed E-state index contributed by atoms with van der Waals surface area (Å²) in [7, 11) is 0. The molecule has 3 N–H and O–H groups in total. The zero-order valence-corrected chi connectivity index (χ0v) is 9.25. The molecule has 1 rings (SSSR count). The van der Waals surface area contributed by atoms with Crippen molar-refractivity contribution >= 4 is 5.91 Å². The van der Waals surface area contributed by atoms with E-state index in [2.05, 4.69) is 5.32 Å². The maximum absolute atomic E-state index is 11.4. The van der Waals surface area contributed by atoms with Crippen LogP contribution in [0.2, 0.25) is 0 Å². The van der Waals surface area contributed by atoms with Crippen LogP contribution < -0.4 is 11.1 Å². The van der Waals surface area contributed by atoms with Gasteiger partial charge in [-0.25, -0.2) is 0 Å². The average Bonchev–Trinajstić information content (AvgIpc) is 2.19. The van der Waals surface area contributed by atoms with Gasteiger partial charge in [-0.05, 0) is 38.1 Å². The molecule has 0 bridgehead atoms. The van der Waals surface area contributed by atoms with E-state index < -0.39 is 0 Å². The molecule has 0 atom stereocenters. The van der Waals surface area contributed by atoms with Crippen molar-refractivity contribution in [3.8, 4) is 0 Å². The SMILES string of the molecule is CC(C)C(=O)NC1CCC(CN)CC1. The summed E-state index contributed by atoms with van der Waals surface area (Å²) in [5, 5.41) is 3.08. The Morgan fingerprint density at radius 2 is 1.93 bits per heavy atom. The van der Waals surface area contributed by atoms with E-state index in [9.17, 15) is 4.79 Å². The molecule has 1 aliphatic carbocycles. The number of nitrogens with one attached hydrogen (secondary N) is 1. The van der Waals surface area contributed by atoms with Gasteiger partial charge in [-0.1, -0.05) is 13.8 Å². The maximum atomic E-state index is 11.4. The molecule has 0 saturated heterocycles. The Morgan fingerprint density at radius 3 is 2.36 bits per heavy atom. The summed E-state index contributed by atoms with van der Waals surface area (Å²) in [5.41, 5.74) is 5.61. The number of nitrogens with two attached hydrogens (primary N) is 1. The maximum Gasteiger partial charge on any atom is 0.222 e. The zero-order chi connectivity index (χ0) is 10.6. The van der Waals surface area contributed by atoms with Crippen LogP contribution in [0.3, 0.4) is 0 Å². The van der Waals surface area contributed by atoms with Gasteiger partial charge in [0.2, 0.25) is 5.91 Å². The summed E-state index contributed by atoms with van der Waals surface area (Å²) >= 11 is 0. The van der Waals surface area contributed by atoms with E-state index in [0.717, 1.165) is 19.4 Å². The first-order chi connectivity index (χ1) is 6.63. The zero-order valence-electron chi connectivity index (χ0n) is 9.25. The Balaban J connectivity index is 2.25. The monoisotopic (exact) mass is 198 g/mol. The van der Waals surface area contributed by atoms with Gasteiger partial charge >= 0.3 is 0 Å². The van der Waals surface area contributed by atoms with Crippen molar-refractivity contribution < 1.29 is 4.79 Å². The average molecular weight is 198 g/mol. The van der Waals surface area contributed by atoms with Crippen LogP contribution in [0.1, 0.15) is 39.5 Å². The van der Waals surface area contributed by atoms with Crippen molar-refractivity contribution in [2.45, 2.75) is 45.6 Å². The van der Waals surface area contributed by atoms with Crippen molar-refractivity contribution in [3.05, 3.63) is 0 Å². The van der Waals surface area contributed by atoms with Crippen molar-refractivity contribution in [2.24, 2.45) is 17.6 Å². The molecule has 1 amide bonds. The summed E-state index contributed by atoms with van der Waals surface area (Å²) in [6, 6.07) is 0.396. The van der Waals surface area contributed by atoms with Crippen molar-refractivity contribution in [1.29, 1.82) is 0 Å². The number of amides is 1. The highest BCUT2D eigenvalue weighted by atomic mass is 16.1. The lowest BCUT2D eigenvalue weighted by Crippen LogP contribution is -2.40. The minimum atomic E-state index is 0.0993.